The van der Waals surface area contributed by atoms with E-state index in [1.165, 1.54) is 0 Å². The number of allylic oxidation sites excluding steroid dienone is 2. The molecule has 3 heteroatoms. The maximum absolute atomic E-state index is 12.3. The largest absolute Gasteiger partial charge is 0.325 e. The van der Waals surface area contributed by atoms with Crippen molar-refractivity contribution in [1.29, 1.82) is 0 Å². The molecule has 1 fully saturated rings. The Morgan fingerprint density at radius 2 is 2.17 bits per heavy atom. The van der Waals surface area contributed by atoms with Gasteiger partial charge in [0.2, 0.25) is 5.91 Å². The first-order valence-electron chi connectivity index (χ1n) is 6.39. The highest BCUT2D eigenvalue weighted by molar-refractivity contribution is 9.10. The molecule has 1 aromatic rings. The van der Waals surface area contributed by atoms with Crippen LogP contribution >= 0.6 is 15.9 Å². The maximum atomic E-state index is 12.3. The van der Waals surface area contributed by atoms with Crippen LogP contribution in [-0.2, 0) is 4.79 Å². The normalized spacial score (nSPS) is 28.7. The van der Waals surface area contributed by atoms with Crippen LogP contribution in [0.25, 0.3) is 0 Å². The molecule has 0 aliphatic heterocycles. The van der Waals surface area contributed by atoms with Crippen LogP contribution in [0.15, 0.2) is 34.8 Å². The smallest absolute Gasteiger partial charge is 0.228 e. The zero-order chi connectivity index (χ0) is 12.7. The highest BCUT2D eigenvalue weighted by Crippen LogP contribution is 2.44. The summed E-state index contributed by atoms with van der Waals surface area (Å²) < 4.78 is 0.983. The van der Waals surface area contributed by atoms with Crippen LogP contribution in [0.4, 0.5) is 5.69 Å². The minimum absolute atomic E-state index is 0.160. The number of rotatable bonds is 2. The van der Waals surface area contributed by atoms with E-state index in [9.17, 15) is 4.79 Å². The van der Waals surface area contributed by atoms with Crippen molar-refractivity contribution in [2.75, 3.05) is 5.32 Å². The second kappa shape index (κ2) is 4.54. The topological polar surface area (TPSA) is 29.1 Å². The van der Waals surface area contributed by atoms with Gasteiger partial charge in [-0.15, -0.1) is 0 Å². The van der Waals surface area contributed by atoms with Gasteiger partial charge in [0.1, 0.15) is 0 Å². The van der Waals surface area contributed by atoms with Crippen molar-refractivity contribution in [3.63, 3.8) is 0 Å². The van der Waals surface area contributed by atoms with Gasteiger partial charge in [-0.05, 0) is 59.2 Å². The Balaban J connectivity index is 1.75. The molecule has 1 amide bonds. The Bertz CT molecular complexity index is 523. The molecule has 3 unspecified atom stereocenters. The van der Waals surface area contributed by atoms with Gasteiger partial charge < -0.3 is 5.32 Å². The monoisotopic (exact) mass is 305 g/mol. The van der Waals surface area contributed by atoms with Crippen molar-refractivity contribution in [1.82, 2.24) is 0 Å². The van der Waals surface area contributed by atoms with Crippen molar-refractivity contribution < 1.29 is 4.79 Å². The number of aryl methyl sites for hydroxylation is 1. The van der Waals surface area contributed by atoms with E-state index in [2.05, 4.69) is 33.4 Å². The SMILES string of the molecule is Cc1cccc(NC(=O)C2CC3C=CC2C3)c1Br. The van der Waals surface area contributed by atoms with E-state index >= 15 is 0 Å². The Morgan fingerprint density at radius 1 is 1.33 bits per heavy atom. The minimum Gasteiger partial charge on any atom is -0.325 e. The van der Waals surface area contributed by atoms with E-state index in [0.29, 0.717) is 11.8 Å². The lowest BCUT2D eigenvalue weighted by molar-refractivity contribution is -0.120. The molecule has 94 valence electrons. The summed E-state index contributed by atoms with van der Waals surface area (Å²) in [5, 5.41) is 3.06. The number of benzene rings is 1. The lowest BCUT2D eigenvalue weighted by Gasteiger charge is -2.18. The van der Waals surface area contributed by atoms with Crippen LogP contribution in [0.2, 0.25) is 0 Å². The summed E-state index contributed by atoms with van der Waals surface area (Å²) in [7, 11) is 0. The van der Waals surface area contributed by atoms with Crippen LogP contribution < -0.4 is 5.32 Å². The third kappa shape index (κ3) is 2.01. The van der Waals surface area contributed by atoms with Gasteiger partial charge in [-0.25, -0.2) is 0 Å². The van der Waals surface area contributed by atoms with Gasteiger partial charge >= 0.3 is 0 Å². The van der Waals surface area contributed by atoms with Gasteiger partial charge in [-0.3, -0.25) is 4.79 Å². The molecule has 3 rings (SSSR count). The maximum Gasteiger partial charge on any atom is 0.228 e. The second-order valence-electron chi connectivity index (χ2n) is 5.31. The van der Waals surface area contributed by atoms with Gasteiger partial charge in [-0.1, -0.05) is 24.3 Å². The van der Waals surface area contributed by atoms with Gasteiger partial charge in [0.15, 0.2) is 0 Å². The van der Waals surface area contributed by atoms with E-state index in [4.69, 9.17) is 0 Å². The molecule has 0 radical (unpaired) electrons. The van der Waals surface area contributed by atoms with E-state index in [1.807, 2.05) is 25.1 Å². The molecular formula is C15H16BrNO. The number of halogens is 1. The molecule has 0 heterocycles. The summed E-state index contributed by atoms with van der Waals surface area (Å²) >= 11 is 3.53. The van der Waals surface area contributed by atoms with E-state index in [0.717, 1.165) is 28.6 Å². The molecule has 1 aromatic carbocycles. The van der Waals surface area contributed by atoms with Crippen molar-refractivity contribution >= 4 is 27.5 Å². The van der Waals surface area contributed by atoms with Crippen molar-refractivity contribution in [2.24, 2.45) is 17.8 Å². The van der Waals surface area contributed by atoms with Crippen LogP contribution in [0.5, 0.6) is 0 Å². The molecule has 2 aliphatic rings. The van der Waals surface area contributed by atoms with E-state index < -0.39 is 0 Å². The van der Waals surface area contributed by atoms with Crippen LogP contribution in [0.3, 0.4) is 0 Å². The summed E-state index contributed by atoms with van der Waals surface area (Å²) in [6, 6.07) is 5.94. The highest BCUT2D eigenvalue weighted by Gasteiger charge is 2.39. The fourth-order valence-corrected chi connectivity index (χ4v) is 3.42. The average molecular weight is 306 g/mol. The first-order chi connectivity index (χ1) is 8.65. The Hall–Kier alpha value is -1.09. The van der Waals surface area contributed by atoms with Crippen LogP contribution in [0.1, 0.15) is 18.4 Å². The third-order valence-electron chi connectivity index (χ3n) is 4.07. The van der Waals surface area contributed by atoms with Gasteiger partial charge in [-0.2, -0.15) is 0 Å². The van der Waals surface area contributed by atoms with E-state index in [1.54, 1.807) is 0 Å². The summed E-state index contributed by atoms with van der Waals surface area (Å²) in [5.74, 6) is 1.41. The Labute approximate surface area is 116 Å². The Morgan fingerprint density at radius 3 is 2.83 bits per heavy atom. The molecular weight excluding hydrogens is 290 g/mol. The first kappa shape index (κ1) is 12.0. The van der Waals surface area contributed by atoms with Crippen molar-refractivity contribution in [3.8, 4) is 0 Å². The molecule has 0 spiro atoms. The van der Waals surface area contributed by atoms with Gasteiger partial charge in [0, 0.05) is 10.4 Å². The lowest BCUT2D eigenvalue weighted by atomic mass is 9.93. The molecule has 0 aromatic heterocycles. The third-order valence-corrected chi connectivity index (χ3v) is 5.12. The molecule has 2 nitrogen and oxygen atoms in total. The number of nitrogens with one attached hydrogen (secondary N) is 1. The molecule has 1 saturated carbocycles. The standard InChI is InChI=1S/C15H16BrNO/c1-9-3-2-4-13(14(9)16)17-15(18)12-8-10-5-6-11(12)7-10/h2-6,10-12H,7-8H2,1H3,(H,17,18). The van der Waals surface area contributed by atoms with Gasteiger partial charge in [0.05, 0.1) is 5.69 Å². The molecule has 3 atom stereocenters. The summed E-state index contributed by atoms with van der Waals surface area (Å²) in [5.41, 5.74) is 2.02. The fraction of sp³-hybridized carbons (Fsp3) is 0.400. The predicted octanol–water partition coefficient (Wildman–Crippen LogP) is 3.91. The predicted molar refractivity (Wildman–Crippen MR) is 76.4 cm³/mol. The van der Waals surface area contributed by atoms with Crippen LogP contribution in [-0.4, -0.2) is 5.91 Å². The number of hydrogen-bond acceptors (Lipinski definition) is 1. The molecule has 0 saturated heterocycles. The highest BCUT2D eigenvalue weighted by atomic mass is 79.9. The second-order valence-corrected chi connectivity index (χ2v) is 6.11. The number of amides is 1. The van der Waals surface area contributed by atoms with Gasteiger partial charge in [0.25, 0.3) is 0 Å². The number of carbonyl (C=O) groups is 1. The lowest BCUT2D eigenvalue weighted by Crippen LogP contribution is -2.26. The summed E-state index contributed by atoms with van der Waals surface area (Å²) in [6.45, 7) is 2.03. The number of anilines is 1. The Kier molecular flexibility index (Phi) is 3.02. The average Bonchev–Trinajstić information content (AvgIpc) is 2.97. The summed E-state index contributed by atoms with van der Waals surface area (Å²) in [4.78, 5) is 12.3. The zero-order valence-electron chi connectivity index (χ0n) is 10.3. The number of hydrogen-bond donors (Lipinski definition) is 1. The van der Waals surface area contributed by atoms with Crippen molar-refractivity contribution in [3.05, 3.63) is 40.4 Å². The fourth-order valence-electron chi connectivity index (χ4n) is 3.05. The van der Waals surface area contributed by atoms with Crippen LogP contribution in [0, 0.1) is 24.7 Å². The van der Waals surface area contributed by atoms with Crippen molar-refractivity contribution in [2.45, 2.75) is 19.8 Å². The first-order valence-corrected chi connectivity index (χ1v) is 7.19. The molecule has 2 bridgehead atoms. The number of fused-ring (bicyclic) bond motifs is 2. The molecule has 2 aliphatic carbocycles. The van der Waals surface area contributed by atoms with E-state index in [-0.39, 0.29) is 11.8 Å². The molecule has 18 heavy (non-hydrogen) atoms. The summed E-state index contributed by atoms with van der Waals surface area (Å²) in [6.07, 6.45) is 6.64. The quantitative estimate of drug-likeness (QED) is 0.825. The minimum atomic E-state index is 0.160. The molecule has 1 N–H and O–H groups in total. The zero-order valence-corrected chi connectivity index (χ0v) is 11.9. The number of carbonyl (C=O) groups excluding carboxylic acids is 1.